The van der Waals surface area contributed by atoms with E-state index < -0.39 is 0 Å². The van der Waals surface area contributed by atoms with Gasteiger partial charge in [0.15, 0.2) is 10.9 Å². The quantitative estimate of drug-likeness (QED) is 0.852. The number of piperazine rings is 1. The van der Waals surface area contributed by atoms with Gasteiger partial charge in [-0.2, -0.15) is 0 Å². The van der Waals surface area contributed by atoms with Crippen LogP contribution in [0.5, 0.6) is 0 Å². The zero-order chi connectivity index (χ0) is 16.5. The van der Waals surface area contributed by atoms with Gasteiger partial charge in [0.05, 0.1) is 18.5 Å². The van der Waals surface area contributed by atoms with Gasteiger partial charge in [0.2, 0.25) is 0 Å². The maximum absolute atomic E-state index is 5.75. The Hall–Kier alpha value is -1.73. The van der Waals surface area contributed by atoms with Gasteiger partial charge >= 0.3 is 0 Å². The molecule has 2 aromatic rings. The number of hydrogen-bond donors (Lipinski definition) is 0. The first-order valence-electron chi connectivity index (χ1n) is 8.37. The molecule has 1 saturated heterocycles. The Morgan fingerprint density at radius 2 is 2.12 bits per heavy atom. The lowest BCUT2D eigenvalue weighted by Gasteiger charge is -2.35. The zero-order valence-electron chi connectivity index (χ0n) is 14.1. The third kappa shape index (κ3) is 3.23. The largest absolute Gasteiger partial charge is 0.459 e. The van der Waals surface area contributed by atoms with Gasteiger partial charge in [-0.15, -0.1) is 0 Å². The summed E-state index contributed by atoms with van der Waals surface area (Å²) in [5.41, 5.74) is 0.996. The molecule has 1 atom stereocenters. The number of aliphatic imine (C=N–C) groups is 1. The molecule has 2 aliphatic heterocycles. The van der Waals surface area contributed by atoms with Crippen molar-refractivity contribution in [3.05, 3.63) is 29.9 Å². The first-order valence-corrected chi connectivity index (χ1v) is 9.25. The first-order chi connectivity index (χ1) is 11.7. The molecular formula is C17H22N4O2S. The van der Waals surface area contributed by atoms with Gasteiger partial charge in [-0.05, 0) is 19.1 Å². The fourth-order valence-corrected chi connectivity index (χ4v) is 4.01. The van der Waals surface area contributed by atoms with E-state index in [4.69, 9.17) is 8.83 Å². The van der Waals surface area contributed by atoms with E-state index >= 15 is 0 Å². The molecule has 0 aromatic carbocycles. The molecule has 0 N–H and O–H groups in total. The third-order valence-electron chi connectivity index (χ3n) is 4.43. The van der Waals surface area contributed by atoms with E-state index in [-0.39, 0.29) is 0 Å². The van der Waals surface area contributed by atoms with E-state index in [9.17, 15) is 0 Å². The van der Waals surface area contributed by atoms with Gasteiger partial charge in [0.1, 0.15) is 5.76 Å². The van der Waals surface area contributed by atoms with Gasteiger partial charge in [0.25, 0.3) is 5.89 Å². The van der Waals surface area contributed by atoms with Crippen LogP contribution >= 0.6 is 11.8 Å². The van der Waals surface area contributed by atoms with Gasteiger partial charge in [-0.25, -0.2) is 4.98 Å². The van der Waals surface area contributed by atoms with E-state index in [0.717, 1.165) is 50.7 Å². The van der Waals surface area contributed by atoms with Crippen LogP contribution in [0.4, 0.5) is 0 Å². The minimum atomic E-state index is 0.567. The van der Waals surface area contributed by atoms with Crippen molar-refractivity contribution in [3.8, 4) is 11.7 Å². The van der Waals surface area contributed by atoms with Crippen LogP contribution in [0.15, 0.2) is 32.2 Å². The van der Waals surface area contributed by atoms with Crippen LogP contribution in [0.1, 0.15) is 18.4 Å². The van der Waals surface area contributed by atoms with Crippen molar-refractivity contribution < 1.29 is 8.83 Å². The van der Waals surface area contributed by atoms with Crippen LogP contribution < -0.4 is 0 Å². The highest BCUT2D eigenvalue weighted by atomic mass is 32.2. The molecular weight excluding hydrogens is 324 g/mol. The topological polar surface area (TPSA) is 58.0 Å². The van der Waals surface area contributed by atoms with E-state index in [1.807, 2.05) is 30.8 Å². The fraction of sp³-hybridized carbons (Fsp3) is 0.529. The second kappa shape index (κ2) is 6.64. The molecule has 128 valence electrons. The SMILES string of the molecule is Cc1oc(-c2ccco2)nc1CN1CCN(C2=NC[C@@H](C)S2)CC1. The molecule has 0 bridgehead atoms. The van der Waals surface area contributed by atoms with Crippen LogP contribution in [0, 0.1) is 6.92 Å². The monoisotopic (exact) mass is 346 g/mol. The van der Waals surface area contributed by atoms with Gasteiger partial charge in [-0.3, -0.25) is 9.89 Å². The Labute approximate surface area is 145 Å². The number of oxazole rings is 1. The van der Waals surface area contributed by atoms with Gasteiger partial charge < -0.3 is 13.7 Å². The highest BCUT2D eigenvalue weighted by molar-refractivity contribution is 8.14. The lowest BCUT2D eigenvalue weighted by molar-refractivity contribution is 0.175. The lowest BCUT2D eigenvalue weighted by Crippen LogP contribution is -2.47. The van der Waals surface area contributed by atoms with E-state index in [1.165, 1.54) is 5.17 Å². The Bertz CT molecular complexity index is 717. The normalized spacial score (nSPS) is 22.2. The molecule has 2 aromatic heterocycles. The third-order valence-corrected chi connectivity index (χ3v) is 5.58. The van der Waals surface area contributed by atoms with E-state index in [0.29, 0.717) is 16.9 Å². The fourth-order valence-electron chi connectivity index (χ4n) is 3.03. The molecule has 0 aliphatic carbocycles. The predicted octanol–water partition coefficient (Wildman–Crippen LogP) is 2.85. The van der Waals surface area contributed by atoms with E-state index in [2.05, 4.69) is 26.7 Å². The Balaban J connectivity index is 1.36. The maximum Gasteiger partial charge on any atom is 0.263 e. The summed E-state index contributed by atoms with van der Waals surface area (Å²) in [6, 6.07) is 3.72. The summed E-state index contributed by atoms with van der Waals surface area (Å²) in [7, 11) is 0. The standard InChI is InChI=1S/C17H22N4O2S/c1-12-10-18-17(24-12)21-7-5-20(6-8-21)11-14-13(2)23-16(19-14)15-4-3-9-22-15/h3-4,9,12H,5-8,10-11H2,1-2H3/t12-/m1/s1. The molecule has 6 nitrogen and oxygen atoms in total. The molecule has 1 fully saturated rings. The number of rotatable bonds is 3. The number of hydrogen-bond acceptors (Lipinski definition) is 7. The summed E-state index contributed by atoms with van der Waals surface area (Å²) in [6.45, 7) is 10.1. The van der Waals surface area contributed by atoms with Crippen molar-refractivity contribution >= 4 is 16.9 Å². The molecule has 0 saturated carbocycles. The molecule has 24 heavy (non-hydrogen) atoms. The van der Waals surface area contributed by atoms with Crippen LogP contribution in [0.2, 0.25) is 0 Å². The Morgan fingerprint density at radius 3 is 2.79 bits per heavy atom. The van der Waals surface area contributed by atoms with Crippen LogP contribution in [0.25, 0.3) is 11.7 Å². The van der Waals surface area contributed by atoms with Crippen molar-refractivity contribution in [2.75, 3.05) is 32.7 Å². The molecule has 2 aliphatic rings. The summed E-state index contributed by atoms with van der Waals surface area (Å²) in [6.07, 6.45) is 1.64. The average Bonchev–Trinajstić information content (AvgIpc) is 3.30. The number of aryl methyl sites for hydroxylation is 1. The van der Waals surface area contributed by atoms with Crippen molar-refractivity contribution in [3.63, 3.8) is 0 Å². The molecule has 7 heteroatoms. The highest BCUT2D eigenvalue weighted by Crippen LogP contribution is 2.25. The number of thioether (sulfide) groups is 1. The highest BCUT2D eigenvalue weighted by Gasteiger charge is 2.25. The Kier molecular flexibility index (Phi) is 4.37. The number of amidine groups is 1. The van der Waals surface area contributed by atoms with E-state index in [1.54, 1.807) is 6.26 Å². The summed E-state index contributed by atoms with van der Waals surface area (Å²) in [4.78, 5) is 14.1. The molecule has 0 amide bonds. The summed E-state index contributed by atoms with van der Waals surface area (Å²) in [5.74, 6) is 2.12. The minimum Gasteiger partial charge on any atom is -0.459 e. The molecule has 0 unspecified atom stereocenters. The predicted molar refractivity (Wildman–Crippen MR) is 95.1 cm³/mol. The van der Waals surface area contributed by atoms with Gasteiger partial charge in [0, 0.05) is 38.0 Å². The minimum absolute atomic E-state index is 0.567. The lowest BCUT2D eigenvalue weighted by atomic mass is 10.3. The summed E-state index contributed by atoms with van der Waals surface area (Å²) < 4.78 is 11.1. The van der Waals surface area contributed by atoms with Crippen LogP contribution in [-0.4, -0.2) is 57.9 Å². The van der Waals surface area contributed by atoms with Crippen molar-refractivity contribution in [2.45, 2.75) is 25.6 Å². The molecule has 4 heterocycles. The first kappa shape index (κ1) is 15.8. The number of aromatic nitrogens is 1. The van der Waals surface area contributed by atoms with Crippen LogP contribution in [-0.2, 0) is 6.54 Å². The Morgan fingerprint density at radius 1 is 1.29 bits per heavy atom. The maximum atomic E-state index is 5.75. The molecule has 0 spiro atoms. The van der Waals surface area contributed by atoms with Crippen LogP contribution in [0.3, 0.4) is 0 Å². The molecule has 4 rings (SSSR count). The number of nitrogens with zero attached hydrogens (tertiary/aromatic N) is 4. The zero-order valence-corrected chi connectivity index (χ0v) is 14.9. The second-order valence-electron chi connectivity index (χ2n) is 6.31. The second-order valence-corrected chi connectivity index (χ2v) is 7.72. The van der Waals surface area contributed by atoms with Crippen molar-refractivity contribution in [1.29, 1.82) is 0 Å². The number of furan rings is 1. The van der Waals surface area contributed by atoms with Crippen molar-refractivity contribution in [2.24, 2.45) is 4.99 Å². The summed E-state index contributed by atoms with van der Waals surface area (Å²) >= 11 is 1.90. The van der Waals surface area contributed by atoms with Crippen molar-refractivity contribution in [1.82, 2.24) is 14.8 Å². The smallest absolute Gasteiger partial charge is 0.263 e. The average molecular weight is 346 g/mol. The molecule has 0 radical (unpaired) electrons. The summed E-state index contributed by atoms with van der Waals surface area (Å²) in [5, 5.41) is 1.84. The van der Waals surface area contributed by atoms with Gasteiger partial charge in [-0.1, -0.05) is 18.7 Å².